The monoisotopic (exact) mass is 486 g/mol. The average Bonchev–Trinajstić information content (AvgIpc) is 3.23. The van der Waals surface area contributed by atoms with Crippen molar-refractivity contribution in [1.82, 2.24) is 19.9 Å². The van der Waals surface area contributed by atoms with Crippen LogP contribution in [0.25, 0.3) is 16.0 Å². The van der Waals surface area contributed by atoms with E-state index in [0.717, 1.165) is 21.5 Å². The summed E-state index contributed by atoms with van der Waals surface area (Å²) in [7, 11) is 2.86. The number of amides is 1. The number of benzene rings is 1. The summed E-state index contributed by atoms with van der Waals surface area (Å²) in [5.41, 5.74) is 0.00914. The smallest absolute Gasteiger partial charge is 0.334 e. The van der Waals surface area contributed by atoms with E-state index in [2.05, 4.69) is 15.3 Å². The zero-order chi connectivity index (χ0) is 23.5. The maximum Gasteiger partial charge on any atom is 0.334 e. The first-order chi connectivity index (χ1) is 15.9. The van der Waals surface area contributed by atoms with Crippen LogP contribution in [0, 0.1) is 0 Å². The average molecular weight is 487 g/mol. The number of halogens is 1. The van der Waals surface area contributed by atoms with Gasteiger partial charge in [-0.05, 0) is 42.3 Å². The lowest BCUT2D eigenvalue weighted by Gasteiger charge is -2.09. The molecule has 33 heavy (non-hydrogen) atoms. The van der Waals surface area contributed by atoms with Crippen LogP contribution in [0.15, 0.2) is 52.1 Å². The Morgan fingerprint density at radius 1 is 1.18 bits per heavy atom. The van der Waals surface area contributed by atoms with E-state index >= 15 is 0 Å². The molecule has 2 N–H and O–H groups in total. The number of rotatable bonds is 7. The molecule has 0 fully saturated rings. The van der Waals surface area contributed by atoms with Gasteiger partial charge < -0.3 is 19.8 Å². The highest BCUT2D eigenvalue weighted by molar-refractivity contribution is 7.20. The summed E-state index contributed by atoms with van der Waals surface area (Å²) in [6, 6.07) is 11.9. The zero-order valence-corrected chi connectivity index (χ0v) is 19.2. The minimum atomic E-state index is -0.682. The van der Waals surface area contributed by atoms with E-state index < -0.39 is 11.2 Å². The molecule has 0 radical (unpaired) electrons. The van der Waals surface area contributed by atoms with E-state index in [0.29, 0.717) is 28.6 Å². The van der Waals surface area contributed by atoms with Crippen LogP contribution in [-0.2, 0) is 6.42 Å². The fraction of sp³-hybridized carbons (Fsp3) is 0.182. The van der Waals surface area contributed by atoms with Crippen molar-refractivity contribution in [3.8, 4) is 17.4 Å². The molecule has 0 unspecified atom stereocenters. The second-order valence-electron chi connectivity index (χ2n) is 6.94. The minimum absolute atomic E-state index is 0.0710. The van der Waals surface area contributed by atoms with Crippen LogP contribution in [-0.4, -0.2) is 41.2 Å². The van der Waals surface area contributed by atoms with Gasteiger partial charge in [-0.15, -0.1) is 11.3 Å². The Hall–Kier alpha value is -3.63. The van der Waals surface area contributed by atoms with Crippen LogP contribution in [0.4, 0.5) is 0 Å². The van der Waals surface area contributed by atoms with Crippen LogP contribution >= 0.6 is 22.9 Å². The highest BCUT2D eigenvalue weighted by Crippen LogP contribution is 2.25. The first-order valence-electron chi connectivity index (χ1n) is 9.82. The van der Waals surface area contributed by atoms with Crippen molar-refractivity contribution in [2.24, 2.45) is 0 Å². The third-order valence-electron chi connectivity index (χ3n) is 4.84. The highest BCUT2D eigenvalue weighted by atomic mass is 35.5. The second-order valence-corrected chi connectivity index (χ2v) is 8.43. The van der Waals surface area contributed by atoms with Crippen LogP contribution < -0.4 is 26.0 Å². The Kier molecular flexibility index (Phi) is 6.47. The molecule has 0 atom stereocenters. The highest BCUT2D eigenvalue weighted by Gasteiger charge is 2.18. The number of aromatic amines is 1. The van der Waals surface area contributed by atoms with E-state index in [-0.39, 0.29) is 27.8 Å². The van der Waals surface area contributed by atoms with Crippen LogP contribution in [0.1, 0.15) is 15.2 Å². The first-order valence-corrected chi connectivity index (χ1v) is 11.0. The van der Waals surface area contributed by atoms with Gasteiger partial charge in [0.2, 0.25) is 0 Å². The molecule has 0 bridgehead atoms. The standard InChI is InChI=1S/C22H19ClN4O5S/c1-31-15-6-7-17(26-20(15)32-2)27-21(29)18-14(25-22(27)30)11-16(33-18)19(28)24-9-8-12-4-3-5-13(23)10-12/h3-7,10-11H,8-9H2,1-2H3,(H,24,28)(H,25,30). The molecular formula is C22H19ClN4O5S. The number of hydrogen-bond donors (Lipinski definition) is 2. The fourth-order valence-corrected chi connectivity index (χ4v) is 4.44. The van der Waals surface area contributed by atoms with E-state index in [1.165, 1.54) is 26.4 Å². The zero-order valence-electron chi connectivity index (χ0n) is 17.7. The predicted molar refractivity (Wildman–Crippen MR) is 126 cm³/mol. The number of H-pyrrole nitrogens is 1. The lowest BCUT2D eigenvalue weighted by molar-refractivity contribution is 0.0958. The molecule has 0 spiro atoms. The van der Waals surface area contributed by atoms with Crippen molar-refractivity contribution in [3.05, 3.63) is 78.8 Å². The third kappa shape index (κ3) is 4.62. The molecular weight excluding hydrogens is 468 g/mol. The Morgan fingerprint density at radius 2 is 2.00 bits per heavy atom. The lowest BCUT2D eigenvalue weighted by Crippen LogP contribution is -2.33. The molecule has 11 heteroatoms. The van der Waals surface area contributed by atoms with Crippen LogP contribution in [0.2, 0.25) is 5.02 Å². The Balaban J connectivity index is 1.60. The topological polar surface area (TPSA) is 115 Å². The quantitative estimate of drug-likeness (QED) is 0.415. The van der Waals surface area contributed by atoms with E-state index in [4.69, 9.17) is 21.1 Å². The van der Waals surface area contributed by atoms with Crippen LogP contribution in [0.5, 0.6) is 11.6 Å². The van der Waals surface area contributed by atoms with Gasteiger partial charge in [-0.25, -0.2) is 9.36 Å². The maximum absolute atomic E-state index is 13.1. The predicted octanol–water partition coefficient (Wildman–Crippen LogP) is 2.78. The molecule has 4 rings (SSSR count). The number of fused-ring (bicyclic) bond motifs is 1. The van der Waals surface area contributed by atoms with Crippen molar-refractivity contribution >= 4 is 39.1 Å². The number of carbonyl (C=O) groups excluding carboxylic acids is 1. The Morgan fingerprint density at radius 3 is 2.73 bits per heavy atom. The molecule has 0 aliphatic carbocycles. The molecule has 170 valence electrons. The van der Waals surface area contributed by atoms with Gasteiger partial charge in [-0.1, -0.05) is 23.7 Å². The number of aromatic nitrogens is 3. The Bertz CT molecular complexity index is 1460. The van der Waals surface area contributed by atoms with E-state index in [1.807, 2.05) is 18.2 Å². The lowest BCUT2D eigenvalue weighted by atomic mass is 10.1. The number of methoxy groups -OCH3 is 2. The Labute approximate surface area is 196 Å². The normalized spacial score (nSPS) is 10.9. The van der Waals surface area contributed by atoms with Gasteiger partial charge in [0.1, 0.15) is 10.5 Å². The number of carbonyl (C=O) groups is 1. The fourth-order valence-electron chi connectivity index (χ4n) is 3.27. The number of pyridine rings is 1. The molecule has 0 aliphatic rings. The number of nitrogens with zero attached hydrogens (tertiary/aromatic N) is 2. The van der Waals surface area contributed by atoms with Gasteiger partial charge in [-0.3, -0.25) is 9.59 Å². The molecule has 3 aromatic heterocycles. The molecule has 0 aliphatic heterocycles. The number of nitrogens with one attached hydrogen (secondary N) is 2. The van der Waals surface area contributed by atoms with Gasteiger partial charge in [0, 0.05) is 11.6 Å². The van der Waals surface area contributed by atoms with Crippen molar-refractivity contribution in [3.63, 3.8) is 0 Å². The largest absolute Gasteiger partial charge is 0.491 e. The van der Waals surface area contributed by atoms with Crippen molar-refractivity contribution in [2.75, 3.05) is 20.8 Å². The van der Waals surface area contributed by atoms with Gasteiger partial charge >= 0.3 is 5.69 Å². The van der Waals surface area contributed by atoms with Crippen molar-refractivity contribution < 1.29 is 14.3 Å². The molecule has 1 aromatic carbocycles. The SMILES string of the molecule is COc1ccc(-n2c(=O)[nH]c3cc(C(=O)NCCc4cccc(Cl)c4)sc3c2=O)nc1OC. The second kappa shape index (κ2) is 9.47. The van der Waals surface area contributed by atoms with Crippen LogP contribution in [0.3, 0.4) is 0 Å². The number of thiophene rings is 1. The summed E-state index contributed by atoms with van der Waals surface area (Å²) in [6.07, 6.45) is 0.603. The minimum Gasteiger partial charge on any atom is -0.491 e. The van der Waals surface area contributed by atoms with E-state index in [1.54, 1.807) is 12.1 Å². The first kappa shape index (κ1) is 22.6. The molecule has 9 nitrogen and oxygen atoms in total. The molecule has 1 amide bonds. The molecule has 0 saturated heterocycles. The summed E-state index contributed by atoms with van der Waals surface area (Å²) in [6.45, 7) is 0.393. The van der Waals surface area contributed by atoms with Crippen molar-refractivity contribution in [2.45, 2.75) is 6.42 Å². The van der Waals surface area contributed by atoms with Gasteiger partial charge in [-0.2, -0.15) is 4.98 Å². The van der Waals surface area contributed by atoms with Crippen molar-refractivity contribution in [1.29, 1.82) is 0 Å². The third-order valence-corrected chi connectivity index (χ3v) is 6.20. The van der Waals surface area contributed by atoms with E-state index in [9.17, 15) is 14.4 Å². The summed E-state index contributed by atoms with van der Waals surface area (Å²) in [5, 5.41) is 3.45. The summed E-state index contributed by atoms with van der Waals surface area (Å²) < 4.78 is 11.4. The van der Waals surface area contributed by atoms with Gasteiger partial charge in [0.25, 0.3) is 17.3 Å². The maximum atomic E-state index is 13.1. The number of hydrogen-bond acceptors (Lipinski definition) is 7. The summed E-state index contributed by atoms with van der Waals surface area (Å²) in [4.78, 5) is 45.4. The summed E-state index contributed by atoms with van der Waals surface area (Å²) >= 11 is 6.98. The van der Waals surface area contributed by atoms with Gasteiger partial charge in [0.15, 0.2) is 5.75 Å². The number of ether oxygens (including phenoxy) is 2. The molecule has 0 saturated carbocycles. The summed E-state index contributed by atoms with van der Waals surface area (Å²) in [5.74, 6) is 0.225. The molecule has 3 heterocycles. The van der Waals surface area contributed by atoms with Gasteiger partial charge in [0.05, 0.1) is 24.6 Å². The molecule has 4 aromatic rings.